The second-order valence-electron chi connectivity index (χ2n) is 6.23. The largest absolute Gasteiger partial charge is 0.383 e. The lowest BCUT2D eigenvalue weighted by atomic mass is 9.96. The molecule has 0 aromatic rings. The molecule has 1 N–H and O–H groups in total. The van der Waals surface area contributed by atoms with Gasteiger partial charge in [0.15, 0.2) is 0 Å². The summed E-state index contributed by atoms with van der Waals surface area (Å²) >= 11 is 0. The van der Waals surface area contributed by atoms with Crippen LogP contribution in [-0.4, -0.2) is 50.3 Å². The third-order valence-electron chi connectivity index (χ3n) is 4.83. The topological polar surface area (TPSA) is 24.5 Å². The van der Waals surface area contributed by atoms with E-state index in [0.717, 1.165) is 31.8 Å². The van der Waals surface area contributed by atoms with Gasteiger partial charge in [0.05, 0.1) is 6.61 Å². The number of piperidine rings is 1. The number of nitrogens with zero attached hydrogens (tertiary/aromatic N) is 1. The van der Waals surface area contributed by atoms with E-state index >= 15 is 0 Å². The second-order valence-corrected chi connectivity index (χ2v) is 6.23. The fourth-order valence-corrected chi connectivity index (χ4v) is 3.76. The summed E-state index contributed by atoms with van der Waals surface area (Å²) in [6.45, 7) is 4.31. The van der Waals surface area contributed by atoms with Crippen molar-refractivity contribution in [3.8, 4) is 0 Å². The Kier molecular flexibility index (Phi) is 7.18. The average molecular weight is 268 g/mol. The van der Waals surface area contributed by atoms with E-state index in [0.29, 0.717) is 0 Å². The van der Waals surface area contributed by atoms with Crippen LogP contribution in [0, 0.1) is 0 Å². The molecule has 0 radical (unpaired) electrons. The number of rotatable bonds is 6. The summed E-state index contributed by atoms with van der Waals surface area (Å²) < 4.78 is 5.11. The molecule has 1 saturated carbocycles. The zero-order valence-electron chi connectivity index (χ0n) is 12.7. The van der Waals surface area contributed by atoms with E-state index in [-0.39, 0.29) is 0 Å². The minimum atomic E-state index is 0.772. The maximum absolute atomic E-state index is 5.11. The molecule has 3 heteroatoms. The summed E-state index contributed by atoms with van der Waals surface area (Å²) in [4.78, 5) is 2.84. The molecule has 1 heterocycles. The molecule has 1 unspecified atom stereocenters. The van der Waals surface area contributed by atoms with Gasteiger partial charge in [-0.2, -0.15) is 0 Å². The van der Waals surface area contributed by atoms with Gasteiger partial charge in [0.1, 0.15) is 0 Å². The van der Waals surface area contributed by atoms with Crippen molar-refractivity contribution in [1.29, 1.82) is 0 Å². The van der Waals surface area contributed by atoms with Crippen molar-refractivity contribution < 1.29 is 4.74 Å². The Morgan fingerprint density at radius 3 is 2.47 bits per heavy atom. The summed E-state index contributed by atoms with van der Waals surface area (Å²) in [5, 5.41) is 3.57. The highest BCUT2D eigenvalue weighted by Gasteiger charge is 2.28. The van der Waals surface area contributed by atoms with Gasteiger partial charge in [-0.25, -0.2) is 0 Å². The average Bonchev–Trinajstić information content (AvgIpc) is 2.73. The van der Waals surface area contributed by atoms with Crippen LogP contribution < -0.4 is 5.32 Å². The van der Waals surface area contributed by atoms with E-state index in [1.165, 1.54) is 64.3 Å². The number of hydrogen-bond acceptors (Lipinski definition) is 3. The molecule has 2 rings (SSSR count). The number of likely N-dealkylation sites (tertiary alicyclic amines) is 1. The van der Waals surface area contributed by atoms with Crippen LogP contribution >= 0.6 is 0 Å². The van der Waals surface area contributed by atoms with E-state index in [2.05, 4.69) is 10.2 Å². The molecule has 1 aliphatic carbocycles. The predicted molar refractivity (Wildman–Crippen MR) is 80.6 cm³/mol. The van der Waals surface area contributed by atoms with E-state index < -0.39 is 0 Å². The summed E-state index contributed by atoms with van der Waals surface area (Å²) in [5.74, 6) is 0. The molecule has 0 aromatic carbocycles. The van der Waals surface area contributed by atoms with Crippen LogP contribution in [0.25, 0.3) is 0 Å². The first-order valence-electron chi connectivity index (χ1n) is 8.37. The summed E-state index contributed by atoms with van der Waals surface area (Å²) in [7, 11) is 1.78. The van der Waals surface area contributed by atoms with Gasteiger partial charge in [-0.05, 0) is 32.2 Å². The Bertz CT molecular complexity index is 227. The first-order valence-corrected chi connectivity index (χ1v) is 8.37. The Hall–Kier alpha value is -0.120. The molecule has 0 spiro atoms. The van der Waals surface area contributed by atoms with Crippen LogP contribution in [0.15, 0.2) is 0 Å². The van der Waals surface area contributed by atoms with Gasteiger partial charge in [0.25, 0.3) is 0 Å². The van der Waals surface area contributed by atoms with Crippen molar-refractivity contribution in [3.05, 3.63) is 0 Å². The number of hydrogen-bond donors (Lipinski definition) is 1. The third kappa shape index (κ3) is 5.05. The summed E-state index contributed by atoms with van der Waals surface area (Å²) in [5.41, 5.74) is 0. The van der Waals surface area contributed by atoms with Crippen LogP contribution in [0.1, 0.15) is 57.8 Å². The minimum absolute atomic E-state index is 0.772. The molecule has 1 atom stereocenters. The molecule has 3 nitrogen and oxygen atoms in total. The Morgan fingerprint density at radius 1 is 1.00 bits per heavy atom. The first-order chi connectivity index (χ1) is 9.42. The molecular weight excluding hydrogens is 236 g/mol. The minimum Gasteiger partial charge on any atom is -0.383 e. The van der Waals surface area contributed by atoms with Crippen molar-refractivity contribution in [2.24, 2.45) is 0 Å². The van der Waals surface area contributed by atoms with Gasteiger partial charge in [-0.15, -0.1) is 0 Å². The normalized spacial score (nSPS) is 27.3. The van der Waals surface area contributed by atoms with E-state index in [9.17, 15) is 0 Å². The molecule has 0 bridgehead atoms. The van der Waals surface area contributed by atoms with Crippen LogP contribution in [0.4, 0.5) is 0 Å². The Labute approximate surface area is 119 Å². The maximum atomic E-state index is 5.11. The van der Waals surface area contributed by atoms with E-state index in [1.807, 2.05) is 0 Å². The van der Waals surface area contributed by atoms with Crippen LogP contribution in [0.2, 0.25) is 0 Å². The molecule has 1 aliphatic heterocycles. The zero-order chi connectivity index (χ0) is 13.3. The van der Waals surface area contributed by atoms with Crippen LogP contribution in [0.5, 0.6) is 0 Å². The van der Waals surface area contributed by atoms with E-state index in [1.54, 1.807) is 7.11 Å². The highest BCUT2D eigenvalue weighted by molar-refractivity contribution is 4.85. The summed E-state index contributed by atoms with van der Waals surface area (Å²) in [6.07, 6.45) is 12.9. The smallest absolute Gasteiger partial charge is 0.0587 e. The SMILES string of the molecule is COCCNCC1CCCCN1C1CCCCCC1. The maximum Gasteiger partial charge on any atom is 0.0587 e. The second kappa shape index (κ2) is 8.93. The van der Waals surface area contributed by atoms with Crippen LogP contribution in [-0.2, 0) is 4.74 Å². The molecule has 2 aliphatic rings. The van der Waals surface area contributed by atoms with Crippen molar-refractivity contribution in [2.45, 2.75) is 69.9 Å². The van der Waals surface area contributed by atoms with Crippen molar-refractivity contribution in [2.75, 3.05) is 33.4 Å². The van der Waals surface area contributed by atoms with Gasteiger partial charge >= 0.3 is 0 Å². The molecule has 112 valence electrons. The molecule has 0 amide bonds. The lowest BCUT2D eigenvalue weighted by Gasteiger charge is -2.41. The van der Waals surface area contributed by atoms with E-state index in [4.69, 9.17) is 4.74 Å². The monoisotopic (exact) mass is 268 g/mol. The number of methoxy groups -OCH3 is 1. The van der Waals surface area contributed by atoms with Crippen LogP contribution in [0.3, 0.4) is 0 Å². The van der Waals surface area contributed by atoms with Gasteiger partial charge in [0, 0.05) is 32.3 Å². The molecule has 1 saturated heterocycles. The van der Waals surface area contributed by atoms with Gasteiger partial charge < -0.3 is 10.1 Å². The Balaban J connectivity index is 1.80. The van der Waals surface area contributed by atoms with Crippen molar-refractivity contribution >= 4 is 0 Å². The lowest BCUT2D eigenvalue weighted by molar-refractivity contribution is 0.0829. The quantitative estimate of drug-likeness (QED) is 0.592. The van der Waals surface area contributed by atoms with Crippen molar-refractivity contribution in [1.82, 2.24) is 10.2 Å². The summed E-state index contributed by atoms with van der Waals surface area (Å²) in [6, 6.07) is 1.64. The van der Waals surface area contributed by atoms with Gasteiger partial charge in [0.2, 0.25) is 0 Å². The fraction of sp³-hybridized carbons (Fsp3) is 1.00. The standard InChI is InChI=1S/C16H32N2O/c1-19-13-11-17-14-16-10-6-7-12-18(16)15-8-4-2-3-5-9-15/h15-17H,2-14H2,1H3. The molecule has 0 aromatic heterocycles. The van der Waals surface area contributed by atoms with Gasteiger partial charge in [-0.3, -0.25) is 4.90 Å². The molecule has 2 fully saturated rings. The fourth-order valence-electron chi connectivity index (χ4n) is 3.76. The molecule has 19 heavy (non-hydrogen) atoms. The highest BCUT2D eigenvalue weighted by atomic mass is 16.5. The molecular formula is C16H32N2O. The number of nitrogens with one attached hydrogen (secondary N) is 1. The van der Waals surface area contributed by atoms with Gasteiger partial charge in [-0.1, -0.05) is 32.1 Å². The predicted octanol–water partition coefficient (Wildman–Crippen LogP) is 2.80. The first kappa shape index (κ1) is 15.3. The highest BCUT2D eigenvalue weighted by Crippen LogP contribution is 2.27. The van der Waals surface area contributed by atoms with Crippen molar-refractivity contribution in [3.63, 3.8) is 0 Å². The zero-order valence-corrected chi connectivity index (χ0v) is 12.7. The lowest BCUT2D eigenvalue weighted by Crippen LogP contribution is -2.50. The number of ether oxygens (including phenoxy) is 1. The Morgan fingerprint density at radius 2 is 1.74 bits per heavy atom. The third-order valence-corrected chi connectivity index (χ3v) is 4.83.